The predicted molar refractivity (Wildman–Crippen MR) is 74.2 cm³/mol. The standard InChI is InChI=1S/C12H20N2O2S2/c1-2-10-6-7-12(17-10)18(15,16)14-11-5-3-4-9(11)8-13/h6-7,9,11,14H,2-5,8,13H2,1H3. The normalized spacial score (nSPS) is 24.6. The first-order chi connectivity index (χ1) is 8.56. The van der Waals surface area contributed by atoms with Crippen LogP contribution in [0.3, 0.4) is 0 Å². The molecule has 2 atom stereocenters. The van der Waals surface area contributed by atoms with E-state index in [1.165, 1.54) is 11.3 Å². The van der Waals surface area contributed by atoms with Gasteiger partial charge in [0.2, 0.25) is 10.0 Å². The molecule has 0 aromatic carbocycles. The molecule has 1 aliphatic rings. The van der Waals surface area contributed by atoms with Crippen molar-refractivity contribution in [1.82, 2.24) is 4.72 Å². The summed E-state index contributed by atoms with van der Waals surface area (Å²) in [6, 6.07) is 3.58. The van der Waals surface area contributed by atoms with Gasteiger partial charge in [-0.15, -0.1) is 11.3 Å². The number of nitrogens with one attached hydrogen (secondary N) is 1. The van der Waals surface area contributed by atoms with Gasteiger partial charge in [-0.3, -0.25) is 0 Å². The van der Waals surface area contributed by atoms with Gasteiger partial charge >= 0.3 is 0 Å². The van der Waals surface area contributed by atoms with E-state index in [2.05, 4.69) is 4.72 Å². The van der Waals surface area contributed by atoms with Crippen LogP contribution in [-0.2, 0) is 16.4 Å². The zero-order valence-electron chi connectivity index (χ0n) is 10.6. The van der Waals surface area contributed by atoms with Crippen LogP contribution in [0.15, 0.2) is 16.3 Å². The average Bonchev–Trinajstić information content (AvgIpc) is 2.96. The highest BCUT2D eigenvalue weighted by Crippen LogP contribution is 2.28. The van der Waals surface area contributed by atoms with Crippen molar-refractivity contribution in [1.29, 1.82) is 0 Å². The molecule has 1 aliphatic carbocycles. The number of aryl methyl sites for hydroxylation is 1. The Morgan fingerprint density at radius 3 is 2.83 bits per heavy atom. The lowest BCUT2D eigenvalue weighted by Gasteiger charge is -2.18. The summed E-state index contributed by atoms with van der Waals surface area (Å²) in [5.41, 5.74) is 5.68. The molecule has 0 radical (unpaired) electrons. The fourth-order valence-corrected chi connectivity index (χ4v) is 5.08. The highest BCUT2D eigenvalue weighted by molar-refractivity contribution is 7.91. The summed E-state index contributed by atoms with van der Waals surface area (Å²) in [5.74, 6) is 0.283. The molecule has 2 unspecified atom stereocenters. The third kappa shape index (κ3) is 2.93. The Hall–Kier alpha value is -0.430. The van der Waals surface area contributed by atoms with E-state index in [0.29, 0.717) is 10.8 Å². The van der Waals surface area contributed by atoms with Crippen LogP contribution in [0.1, 0.15) is 31.1 Å². The van der Waals surface area contributed by atoms with Crippen molar-refractivity contribution in [2.45, 2.75) is 42.9 Å². The van der Waals surface area contributed by atoms with E-state index >= 15 is 0 Å². The van der Waals surface area contributed by atoms with Crippen LogP contribution in [-0.4, -0.2) is 21.0 Å². The maximum Gasteiger partial charge on any atom is 0.250 e. The second-order valence-electron chi connectivity index (χ2n) is 4.73. The molecule has 1 heterocycles. The largest absolute Gasteiger partial charge is 0.330 e. The van der Waals surface area contributed by atoms with Gasteiger partial charge in [-0.2, -0.15) is 0 Å². The molecule has 3 N–H and O–H groups in total. The maximum absolute atomic E-state index is 12.2. The second-order valence-corrected chi connectivity index (χ2v) is 7.84. The molecular weight excluding hydrogens is 268 g/mol. The van der Waals surface area contributed by atoms with Crippen LogP contribution in [0.2, 0.25) is 0 Å². The molecule has 1 aromatic heterocycles. The summed E-state index contributed by atoms with van der Waals surface area (Å²) in [4.78, 5) is 1.09. The smallest absolute Gasteiger partial charge is 0.250 e. The zero-order valence-corrected chi connectivity index (χ0v) is 12.2. The summed E-state index contributed by atoms with van der Waals surface area (Å²) >= 11 is 1.35. The fraction of sp³-hybridized carbons (Fsp3) is 0.667. The van der Waals surface area contributed by atoms with Crippen molar-refractivity contribution < 1.29 is 8.42 Å². The highest BCUT2D eigenvalue weighted by Gasteiger charge is 2.30. The van der Waals surface area contributed by atoms with Crippen LogP contribution in [0.4, 0.5) is 0 Å². The van der Waals surface area contributed by atoms with E-state index in [1.807, 2.05) is 13.0 Å². The Morgan fingerprint density at radius 2 is 2.22 bits per heavy atom. The van der Waals surface area contributed by atoms with Gasteiger partial charge in [-0.05, 0) is 43.9 Å². The topological polar surface area (TPSA) is 72.2 Å². The van der Waals surface area contributed by atoms with Crippen molar-refractivity contribution >= 4 is 21.4 Å². The maximum atomic E-state index is 12.2. The average molecular weight is 288 g/mol. The number of sulfonamides is 1. The molecule has 2 rings (SSSR count). The Balaban J connectivity index is 2.11. The van der Waals surface area contributed by atoms with E-state index in [-0.39, 0.29) is 12.0 Å². The Labute approximate surface area is 113 Å². The number of thiophene rings is 1. The molecule has 0 aliphatic heterocycles. The lowest BCUT2D eigenvalue weighted by atomic mass is 10.1. The first-order valence-electron chi connectivity index (χ1n) is 6.38. The molecule has 1 aromatic rings. The lowest BCUT2D eigenvalue weighted by Crippen LogP contribution is -2.39. The van der Waals surface area contributed by atoms with E-state index < -0.39 is 10.0 Å². The third-order valence-electron chi connectivity index (χ3n) is 3.52. The minimum absolute atomic E-state index is 0.00664. The highest BCUT2D eigenvalue weighted by atomic mass is 32.2. The second kappa shape index (κ2) is 5.69. The van der Waals surface area contributed by atoms with Crippen LogP contribution < -0.4 is 10.5 Å². The molecular formula is C12H20N2O2S2. The van der Waals surface area contributed by atoms with Crippen LogP contribution in [0.5, 0.6) is 0 Å². The summed E-state index contributed by atoms with van der Waals surface area (Å²) in [7, 11) is -3.36. The molecule has 102 valence electrons. The van der Waals surface area contributed by atoms with Crippen molar-refractivity contribution in [3.05, 3.63) is 17.0 Å². The third-order valence-corrected chi connectivity index (χ3v) is 6.73. The SMILES string of the molecule is CCc1ccc(S(=O)(=O)NC2CCCC2CN)s1. The molecule has 6 heteroatoms. The van der Waals surface area contributed by atoms with Crippen molar-refractivity contribution in [2.75, 3.05) is 6.54 Å². The van der Waals surface area contributed by atoms with Crippen molar-refractivity contribution in [3.63, 3.8) is 0 Å². The van der Waals surface area contributed by atoms with Crippen LogP contribution >= 0.6 is 11.3 Å². The summed E-state index contributed by atoms with van der Waals surface area (Å²) in [6.07, 6.45) is 3.84. The molecule has 1 saturated carbocycles. The van der Waals surface area contributed by atoms with Crippen LogP contribution in [0.25, 0.3) is 0 Å². The van der Waals surface area contributed by atoms with Gasteiger partial charge in [-0.1, -0.05) is 13.3 Å². The monoisotopic (exact) mass is 288 g/mol. The van der Waals surface area contributed by atoms with Gasteiger partial charge in [0.25, 0.3) is 0 Å². The Morgan fingerprint density at radius 1 is 1.44 bits per heavy atom. The molecule has 0 saturated heterocycles. The van der Waals surface area contributed by atoms with Gasteiger partial charge in [0, 0.05) is 10.9 Å². The molecule has 18 heavy (non-hydrogen) atoms. The first-order valence-corrected chi connectivity index (χ1v) is 8.68. The van der Waals surface area contributed by atoms with Gasteiger partial charge in [0.1, 0.15) is 4.21 Å². The van der Waals surface area contributed by atoms with Crippen molar-refractivity contribution in [2.24, 2.45) is 11.7 Å². The quantitative estimate of drug-likeness (QED) is 0.866. The minimum Gasteiger partial charge on any atom is -0.330 e. The summed E-state index contributed by atoms with van der Waals surface area (Å²) < 4.78 is 27.7. The molecule has 0 spiro atoms. The van der Waals surface area contributed by atoms with E-state index in [9.17, 15) is 8.42 Å². The van der Waals surface area contributed by atoms with Gasteiger partial charge in [0.15, 0.2) is 0 Å². The number of rotatable bonds is 5. The molecule has 0 amide bonds. The number of hydrogen-bond acceptors (Lipinski definition) is 4. The van der Waals surface area contributed by atoms with Gasteiger partial charge in [0.05, 0.1) is 0 Å². The Kier molecular flexibility index (Phi) is 4.42. The fourth-order valence-electron chi connectivity index (χ4n) is 2.42. The molecule has 4 nitrogen and oxygen atoms in total. The lowest BCUT2D eigenvalue weighted by molar-refractivity contribution is 0.453. The van der Waals surface area contributed by atoms with E-state index in [4.69, 9.17) is 5.73 Å². The number of hydrogen-bond donors (Lipinski definition) is 2. The van der Waals surface area contributed by atoms with Crippen molar-refractivity contribution in [3.8, 4) is 0 Å². The van der Waals surface area contributed by atoms with Gasteiger partial charge in [-0.25, -0.2) is 13.1 Å². The van der Waals surface area contributed by atoms with E-state index in [1.54, 1.807) is 6.07 Å². The Bertz CT molecular complexity index is 496. The zero-order chi connectivity index (χ0) is 13.2. The van der Waals surface area contributed by atoms with E-state index in [0.717, 1.165) is 30.6 Å². The predicted octanol–water partition coefficient (Wildman–Crippen LogP) is 1.72. The summed E-state index contributed by atoms with van der Waals surface area (Å²) in [5, 5.41) is 0. The molecule has 1 fully saturated rings. The van der Waals surface area contributed by atoms with Gasteiger partial charge < -0.3 is 5.73 Å². The minimum atomic E-state index is -3.36. The number of nitrogens with two attached hydrogens (primary N) is 1. The molecule has 0 bridgehead atoms. The van der Waals surface area contributed by atoms with Crippen LogP contribution in [0, 0.1) is 5.92 Å². The first kappa shape index (κ1) is 14.0. The summed E-state index contributed by atoms with van der Waals surface area (Å²) in [6.45, 7) is 2.58.